The number of ether oxygens (including phenoxy) is 1. The summed E-state index contributed by atoms with van der Waals surface area (Å²) in [6, 6.07) is 3.56. The molecule has 1 heterocycles. The lowest BCUT2D eigenvalue weighted by Gasteiger charge is -2.11. The van der Waals surface area contributed by atoms with Crippen molar-refractivity contribution in [1.29, 1.82) is 0 Å². The van der Waals surface area contributed by atoms with Crippen LogP contribution in [0.2, 0.25) is 0 Å². The molecular formula is C17H27N5O2. The molecule has 0 aromatic carbocycles. The van der Waals surface area contributed by atoms with Crippen LogP contribution in [0.5, 0.6) is 0 Å². The number of rotatable bonds is 10. The lowest BCUT2D eigenvalue weighted by molar-refractivity contribution is -0.114. The van der Waals surface area contributed by atoms with Gasteiger partial charge in [0.1, 0.15) is 6.54 Å². The molecule has 0 spiro atoms. The largest absolute Gasteiger partial charge is 0.381 e. The molecule has 7 heteroatoms. The van der Waals surface area contributed by atoms with E-state index in [-0.39, 0.29) is 12.5 Å². The van der Waals surface area contributed by atoms with Gasteiger partial charge in [0.15, 0.2) is 5.96 Å². The maximum atomic E-state index is 11.9. The molecule has 1 aliphatic rings. The maximum absolute atomic E-state index is 11.9. The van der Waals surface area contributed by atoms with E-state index in [1.54, 1.807) is 24.5 Å². The van der Waals surface area contributed by atoms with Crippen LogP contribution in [0, 0.1) is 5.92 Å². The summed E-state index contributed by atoms with van der Waals surface area (Å²) in [5, 5.41) is 9.09. The molecule has 7 nitrogen and oxygen atoms in total. The number of aromatic nitrogens is 1. The fourth-order valence-electron chi connectivity index (χ4n) is 2.05. The molecule has 2 rings (SSSR count). The molecule has 1 amide bonds. The molecule has 0 bridgehead atoms. The van der Waals surface area contributed by atoms with Crippen LogP contribution >= 0.6 is 0 Å². The number of anilines is 1. The van der Waals surface area contributed by atoms with E-state index < -0.39 is 0 Å². The molecule has 1 aromatic rings. The quantitative estimate of drug-likeness (QED) is 0.342. The Morgan fingerprint density at radius 3 is 3.00 bits per heavy atom. The van der Waals surface area contributed by atoms with Gasteiger partial charge in [0.2, 0.25) is 5.91 Å². The van der Waals surface area contributed by atoms with Crippen LogP contribution in [0.3, 0.4) is 0 Å². The molecule has 0 aliphatic heterocycles. The van der Waals surface area contributed by atoms with Gasteiger partial charge in [-0.1, -0.05) is 0 Å². The first-order chi connectivity index (χ1) is 11.8. The average Bonchev–Trinajstić information content (AvgIpc) is 3.41. The van der Waals surface area contributed by atoms with Crippen molar-refractivity contribution in [2.45, 2.75) is 26.2 Å². The molecule has 0 atom stereocenters. The van der Waals surface area contributed by atoms with Crippen molar-refractivity contribution < 1.29 is 9.53 Å². The van der Waals surface area contributed by atoms with Crippen molar-refractivity contribution in [2.24, 2.45) is 10.9 Å². The van der Waals surface area contributed by atoms with Crippen molar-refractivity contribution >= 4 is 17.6 Å². The van der Waals surface area contributed by atoms with Crippen molar-refractivity contribution in [3.8, 4) is 0 Å². The summed E-state index contributed by atoms with van der Waals surface area (Å²) < 4.78 is 5.59. The highest BCUT2D eigenvalue weighted by molar-refractivity contribution is 5.93. The van der Waals surface area contributed by atoms with E-state index in [0.717, 1.165) is 38.6 Å². The fraction of sp³-hybridized carbons (Fsp3) is 0.588. The predicted molar refractivity (Wildman–Crippen MR) is 95.0 cm³/mol. The van der Waals surface area contributed by atoms with Gasteiger partial charge in [0, 0.05) is 32.5 Å². The Labute approximate surface area is 143 Å². The molecule has 1 aromatic heterocycles. The third-order valence-corrected chi connectivity index (χ3v) is 3.48. The van der Waals surface area contributed by atoms with Gasteiger partial charge in [0.25, 0.3) is 0 Å². The Kier molecular flexibility index (Phi) is 8.03. The lowest BCUT2D eigenvalue weighted by atomic mass is 10.4. The summed E-state index contributed by atoms with van der Waals surface area (Å²) in [6.45, 7) is 5.20. The van der Waals surface area contributed by atoms with Crippen LogP contribution < -0.4 is 16.0 Å². The van der Waals surface area contributed by atoms with E-state index in [1.807, 2.05) is 6.92 Å². The number of carbonyl (C=O) groups is 1. The van der Waals surface area contributed by atoms with Crippen molar-refractivity contribution in [1.82, 2.24) is 15.6 Å². The van der Waals surface area contributed by atoms with E-state index in [9.17, 15) is 4.79 Å². The van der Waals surface area contributed by atoms with E-state index in [2.05, 4.69) is 25.9 Å². The number of nitrogens with one attached hydrogen (secondary N) is 3. The molecule has 132 valence electrons. The second-order valence-corrected chi connectivity index (χ2v) is 5.78. The van der Waals surface area contributed by atoms with Crippen LogP contribution in [-0.4, -0.2) is 49.7 Å². The van der Waals surface area contributed by atoms with Crippen LogP contribution in [0.25, 0.3) is 0 Å². The van der Waals surface area contributed by atoms with E-state index >= 15 is 0 Å². The zero-order valence-corrected chi connectivity index (χ0v) is 14.3. The van der Waals surface area contributed by atoms with Crippen LogP contribution in [0.1, 0.15) is 26.2 Å². The highest BCUT2D eigenvalue weighted by Crippen LogP contribution is 2.28. The van der Waals surface area contributed by atoms with E-state index in [1.165, 1.54) is 12.8 Å². The van der Waals surface area contributed by atoms with Gasteiger partial charge in [0.05, 0.1) is 11.9 Å². The van der Waals surface area contributed by atoms with Crippen molar-refractivity contribution in [2.75, 3.05) is 38.2 Å². The Balaban J connectivity index is 1.63. The molecule has 24 heavy (non-hydrogen) atoms. The van der Waals surface area contributed by atoms with Gasteiger partial charge in [-0.15, -0.1) is 0 Å². The summed E-state index contributed by atoms with van der Waals surface area (Å²) in [7, 11) is 0. The minimum absolute atomic E-state index is 0.0579. The molecular weight excluding hydrogens is 306 g/mol. The van der Waals surface area contributed by atoms with Crippen molar-refractivity contribution in [3.63, 3.8) is 0 Å². The number of pyridine rings is 1. The third kappa shape index (κ3) is 7.92. The zero-order valence-electron chi connectivity index (χ0n) is 14.3. The number of aliphatic imine (C=N–C) groups is 1. The predicted octanol–water partition coefficient (Wildman–Crippen LogP) is 1.39. The second-order valence-electron chi connectivity index (χ2n) is 5.78. The lowest BCUT2D eigenvalue weighted by Crippen LogP contribution is -2.38. The molecule has 0 unspecified atom stereocenters. The number of guanidine groups is 1. The summed E-state index contributed by atoms with van der Waals surface area (Å²) in [6.07, 6.45) is 6.81. The Morgan fingerprint density at radius 1 is 1.42 bits per heavy atom. The summed E-state index contributed by atoms with van der Waals surface area (Å²) in [4.78, 5) is 20.1. The third-order valence-electron chi connectivity index (χ3n) is 3.48. The van der Waals surface area contributed by atoms with Gasteiger partial charge in [-0.05, 0) is 44.2 Å². The summed E-state index contributed by atoms with van der Waals surface area (Å²) >= 11 is 0. The first-order valence-corrected chi connectivity index (χ1v) is 8.57. The molecule has 0 saturated heterocycles. The standard InChI is InChI=1S/C17H27N5O2/c1-2-19-17(20-9-4-10-24-13-14-6-7-14)21-12-16(23)22-15-5-3-8-18-11-15/h3,5,8,11,14H,2,4,6-7,9-10,12-13H2,1H3,(H,22,23)(H2,19,20,21). The molecule has 1 fully saturated rings. The number of amides is 1. The van der Waals surface area contributed by atoms with Gasteiger partial charge in [-0.25, -0.2) is 4.99 Å². The SMILES string of the molecule is CCNC(=NCC(=O)Nc1cccnc1)NCCCOCC1CC1. The Hall–Kier alpha value is -2.15. The van der Waals surface area contributed by atoms with Gasteiger partial charge < -0.3 is 20.7 Å². The van der Waals surface area contributed by atoms with Crippen LogP contribution in [-0.2, 0) is 9.53 Å². The number of nitrogens with zero attached hydrogens (tertiary/aromatic N) is 2. The molecule has 0 radical (unpaired) electrons. The van der Waals surface area contributed by atoms with Crippen LogP contribution in [0.15, 0.2) is 29.5 Å². The van der Waals surface area contributed by atoms with E-state index in [0.29, 0.717) is 11.6 Å². The summed E-state index contributed by atoms with van der Waals surface area (Å²) in [5.74, 6) is 1.27. The topological polar surface area (TPSA) is 87.6 Å². The van der Waals surface area contributed by atoms with E-state index in [4.69, 9.17) is 4.74 Å². The Morgan fingerprint density at radius 2 is 2.29 bits per heavy atom. The first-order valence-electron chi connectivity index (χ1n) is 8.57. The van der Waals surface area contributed by atoms with Crippen LogP contribution in [0.4, 0.5) is 5.69 Å². The van der Waals surface area contributed by atoms with Crippen molar-refractivity contribution in [3.05, 3.63) is 24.5 Å². The normalized spacial score (nSPS) is 14.3. The average molecular weight is 333 g/mol. The smallest absolute Gasteiger partial charge is 0.246 e. The fourth-order valence-corrected chi connectivity index (χ4v) is 2.05. The molecule has 3 N–H and O–H groups in total. The zero-order chi connectivity index (χ0) is 17.0. The van der Waals surface area contributed by atoms with Gasteiger partial charge >= 0.3 is 0 Å². The number of hydrogen-bond acceptors (Lipinski definition) is 4. The van der Waals surface area contributed by atoms with Gasteiger partial charge in [-0.3, -0.25) is 9.78 Å². The van der Waals surface area contributed by atoms with Gasteiger partial charge in [-0.2, -0.15) is 0 Å². The summed E-state index contributed by atoms with van der Waals surface area (Å²) in [5.41, 5.74) is 0.670. The minimum Gasteiger partial charge on any atom is -0.381 e. The highest BCUT2D eigenvalue weighted by Gasteiger charge is 2.20. The highest BCUT2D eigenvalue weighted by atomic mass is 16.5. The molecule has 1 saturated carbocycles. The minimum atomic E-state index is -0.173. The second kappa shape index (κ2) is 10.6. The molecule has 1 aliphatic carbocycles. The number of hydrogen-bond donors (Lipinski definition) is 3. The Bertz CT molecular complexity index is 517. The maximum Gasteiger partial charge on any atom is 0.246 e. The first kappa shape index (κ1) is 18.2. The number of carbonyl (C=O) groups excluding carboxylic acids is 1. The monoisotopic (exact) mass is 333 g/mol.